The molecule has 0 saturated carbocycles. The van der Waals surface area contributed by atoms with Crippen LogP contribution in [0.15, 0.2) is 0 Å². The normalized spacial score (nSPS) is 10.7. The molecule has 0 aliphatic heterocycles. The fourth-order valence-corrected chi connectivity index (χ4v) is 1.96. The summed E-state index contributed by atoms with van der Waals surface area (Å²) in [6, 6.07) is 0. The van der Waals surface area contributed by atoms with Crippen LogP contribution in [0.4, 0.5) is 0 Å². The van der Waals surface area contributed by atoms with Gasteiger partial charge in [-0.15, -0.1) is 0 Å². The first kappa shape index (κ1) is 14.7. The Morgan fingerprint density at radius 3 is 1.93 bits per heavy atom. The maximum absolute atomic E-state index is 3.44. The lowest BCUT2D eigenvalue weighted by Crippen LogP contribution is -2.17. The van der Waals surface area contributed by atoms with E-state index in [1.54, 1.807) is 0 Å². The molecule has 1 N–H and O–H groups in total. The van der Waals surface area contributed by atoms with E-state index >= 15 is 0 Å². The predicted molar refractivity (Wildman–Crippen MR) is 74.4 cm³/mol. The van der Waals surface area contributed by atoms with Gasteiger partial charge in [-0.2, -0.15) is 0 Å². The third kappa shape index (κ3) is 12.7. The largest absolute Gasteiger partial charge is 0.316 e. The van der Waals surface area contributed by atoms with Gasteiger partial charge in [0.05, 0.1) is 0 Å². The van der Waals surface area contributed by atoms with Gasteiger partial charge in [-0.1, -0.05) is 74.5 Å². The van der Waals surface area contributed by atoms with Gasteiger partial charge in [-0.05, 0) is 13.0 Å². The zero-order chi connectivity index (χ0) is 10.5. The van der Waals surface area contributed by atoms with E-state index in [0.29, 0.717) is 0 Å². The topological polar surface area (TPSA) is 12.0 Å². The molecule has 14 heavy (non-hydrogen) atoms. The molecule has 0 aromatic heterocycles. The van der Waals surface area contributed by atoms with Crippen molar-refractivity contribution in [2.75, 3.05) is 17.5 Å². The Hall–Kier alpha value is 0.690. The second-order valence-corrected chi connectivity index (χ2v) is 4.99. The summed E-state index contributed by atoms with van der Waals surface area (Å²) in [5.74, 6) is 0. The molecular formula is C12H26IN. The lowest BCUT2D eigenvalue weighted by atomic mass is 10.1. The lowest BCUT2D eigenvalue weighted by Gasteiger charge is -2.02. The van der Waals surface area contributed by atoms with Gasteiger partial charge in [0.15, 0.2) is 0 Å². The maximum atomic E-state index is 3.44. The second kappa shape index (κ2) is 13.7. The Morgan fingerprint density at radius 1 is 0.786 bits per heavy atom. The van der Waals surface area contributed by atoms with Gasteiger partial charge in [0, 0.05) is 11.0 Å². The van der Waals surface area contributed by atoms with E-state index in [4.69, 9.17) is 0 Å². The summed E-state index contributed by atoms with van der Waals surface area (Å²) in [6.45, 7) is 4.67. The number of rotatable bonds is 11. The van der Waals surface area contributed by atoms with Crippen LogP contribution in [-0.4, -0.2) is 17.5 Å². The van der Waals surface area contributed by atoms with E-state index in [0.717, 1.165) is 0 Å². The average Bonchev–Trinajstić information content (AvgIpc) is 2.21. The molecule has 86 valence electrons. The molecule has 0 spiro atoms. The molecule has 0 amide bonds. The highest BCUT2D eigenvalue weighted by Crippen LogP contribution is 2.07. The SMILES string of the molecule is CCCCCCCCCCNCCI. The summed E-state index contributed by atoms with van der Waals surface area (Å²) in [5.41, 5.74) is 0. The molecule has 2 heteroatoms. The Morgan fingerprint density at radius 2 is 1.36 bits per heavy atom. The first-order valence-corrected chi connectivity index (χ1v) is 7.71. The van der Waals surface area contributed by atoms with E-state index in [1.807, 2.05) is 0 Å². The highest BCUT2D eigenvalue weighted by molar-refractivity contribution is 14.1. The zero-order valence-corrected chi connectivity index (χ0v) is 11.8. The molecule has 0 bridgehead atoms. The molecule has 0 fully saturated rings. The maximum Gasteiger partial charge on any atom is 0.0121 e. The second-order valence-electron chi connectivity index (χ2n) is 3.91. The molecule has 0 aromatic rings. The van der Waals surface area contributed by atoms with Gasteiger partial charge in [-0.25, -0.2) is 0 Å². The Balaban J connectivity index is 2.78. The van der Waals surface area contributed by atoms with Gasteiger partial charge < -0.3 is 5.32 Å². The number of unbranched alkanes of at least 4 members (excludes halogenated alkanes) is 7. The average molecular weight is 311 g/mol. The number of alkyl halides is 1. The number of halogens is 1. The lowest BCUT2D eigenvalue weighted by molar-refractivity contribution is 0.561. The first-order chi connectivity index (χ1) is 6.91. The van der Waals surface area contributed by atoms with Crippen molar-refractivity contribution >= 4 is 22.6 Å². The van der Waals surface area contributed by atoms with Crippen molar-refractivity contribution in [3.05, 3.63) is 0 Å². The predicted octanol–water partition coefficient (Wildman–Crippen LogP) is 4.15. The van der Waals surface area contributed by atoms with Crippen LogP contribution < -0.4 is 5.32 Å². The molecule has 0 unspecified atom stereocenters. The van der Waals surface area contributed by atoms with Crippen LogP contribution in [0.2, 0.25) is 0 Å². The summed E-state index contributed by atoms with van der Waals surface area (Å²) in [6.07, 6.45) is 11.4. The van der Waals surface area contributed by atoms with Crippen molar-refractivity contribution in [1.82, 2.24) is 5.32 Å². The highest BCUT2D eigenvalue weighted by Gasteiger charge is 1.91. The van der Waals surface area contributed by atoms with Crippen molar-refractivity contribution in [2.45, 2.75) is 58.3 Å². The van der Waals surface area contributed by atoms with Crippen molar-refractivity contribution in [3.8, 4) is 0 Å². The fourth-order valence-electron chi connectivity index (χ4n) is 1.58. The highest BCUT2D eigenvalue weighted by atomic mass is 127. The van der Waals surface area contributed by atoms with E-state index in [-0.39, 0.29) is 0 Å². The van der Waals surface area contributed by atoms with Crippen LogP contribution in [0.25, 0.3) is 0 Å². The van der Waals surface area contributed by atoms with E-state index in [9.17, 15) is 0 Å². The minimum atomic E-state index is 1.18. The van der Waals surface area contributed by atoms with E-state index in [2.05, 4.69) is 34.8 Å². The number of hydrogen-bond donors (Lipinski definition) is 1. The van der Waals surface area contributed by atoms with Gasteiger partial charge in [0.25, 0.3) is 0 Å². The van der Waals surface area contributed by atoms with Gasteiger partial charge in [0.2, 0.25) is 0 Å². The van der Waals surface area contributed by atoms with Gasteiger partial charge in [0.1, 0.15) is 0 Å². The van der Waals surface area contributed by atoms with E-state index in [1.165, 1.54) is 68.9 Å². The van der Waals surface area contributed by atoms with Crippen LogP contribution in [0.5, 0.6) is 0 Å². The standard InChI is InChI=1S/C12H26IN/c1-2-3-4-5-6-7-8-9-11-14-12-10-13/h14H,2-12H2,1H3. The quantitative estimate of drug-likeness (QED) is 0.343. The molecule has 0 aromatic carbocycles. The van der Waals surface area contributed by atoms with Crippen molar-refractivity contribution < 1.29 is 0 Å². The van der Waals surface area contributed by atoms with Crippen LogP contribution >= 0.6 is 22.6 Å². The summed E-state index contributed by atoms with van der Waals surface area (Å²) >= 11 is 2.41. The number of nitrogens with one attached hydrogen (secondary N) is 1. The minimum Gasteiger partial charge on any atom is -0.316 e. The Kier molecular flexibility index (Phi) is 14.4. The molecule has 0 saturated heterocycles. The minimum absolute atomic E-state index is 1.18. The van der Waals surface area contributed by atoms with Gasteiger partial charge in [-0.3, -0.25) is 0 Å². The summed E-state index contributed by atoms with van der Waals surface area (Å²) in [5, 5.41) is 3.44. The molecule has 0 heterocycles. The smallest absolute Gasteiger partial charge is 0.0121 e. The first-order valence-electron chi connectivity index (χ1n) is 6.18. The molecular weight excluding hydrogens is 285 g/mol. The molecule has 0 atom stereocenters. The molecule has 0 rings (SSSR count). The van der Waals surface area contributed by atoms with Crippen molar-refractivity contribution in [3.63, 3.8) is 0 Å². The third-order valence-electron chi connectivity index (χ3n) is 2.48. The van der Waals surface area contributed by atoms with Crippen LogP contribution in [0.3, 0.4) is 0 Å². The molecule has 1 nitrogen and oxygen atoms in total. The summed E-state index contributed by atoms with van der Waals surface area (Å²) in [7, 11) is 0. The third-order valence-corrected chi connectivity index (χ3v) is 3.02. The van der Waals surface area contributed by atoms with Crippen LogP contribution in [0, 0.1) is 0 Å². The Bertz CT molecular complexity index is 84.3. The zero-order valence-electron chi connectivity index (χ0n) is 9.66. The van der Waals surface area contributed by atoms with E-state index < -0.39 is 0 Å². The summed E-state index contributed by atoms with van der Waals surface area (Å²) in [4.78, 5) is 0. The van der Waals surface area contributed by atoms with Gasteiger partial charge >= 0.3 is 0 Å². The van der Waals surface area contributed by atoms with Crippen LogP contribution in [-0.2, 0) is 0 Å². The van der Waals surface area contributed by atoms with Crippen LogP contribution in [0.1, 0.15) is 58.3 Å². The molecule has 0 aliphatic carbocycles. The number of hydrogen-bond acceptors (Lipinski definition) is 1. The molecule has 0 radical (unpaired) electrons. The summed E-state index contributed by atoms with van der Waals surface area (Å²) < 4.78 is 1.23. The van der Waals surface area contributed by atoms with Crippen molar-refractivity contribution in [2.24, 2.45) is 0 Å². The fraction of sp³-hybridized carbons (Fsp3) is 1.00. The Labute approximate surface area is 104 Å². The van der Waals surface area contributed by atoms with Crippen molar-refractivity contribution in [1.29, 1.82) is 0 Å². The monoisotopic (exact) mass is 311 g/mol. The molecule has 0 aliphatic rings.